The van der Waals surface area contributed by atoms with E-state index in [9.17, 15) is 0 Å². The van der Waals surface area contributed by atoms with Crippen molar-refractivity contribution in [2.75, 3.05) is 0 Å². The summed E-state index contributed by atoms with van der Waals surface area (Å²) in [5.74, 6) is 0. The van der Waals surface area contributed by atoms with Crippen molar-refractivity contribution in [1.29, 1.82) is 0 Å². The van der Waals surface area contributed by atoms with Gasteiger partial charge in [0.25, 0.3) is 0 Å². The summed E-state index contributed by atoms with van der Waals surface area (Å²) in [6.45, 7) is 2.86. The molecule has 1 aliphatic rings. The zero-order valence-corrected chi connectivity index (χ0v) is 11.2. The van der Waals surface area contributed by atoms with Gasteiger partial charge in [0, 0.05) is 23.7 Å². The van der Waals surface area contributed by atoms with Gasteiger partial charge in [-0.25, -0.2) is 0 Å². The predicted octanol–water partition coefficient (Wildman–Crippen LogP) is 3.42. The van der Waals surface area contributed by atoms with E-state index in [1.807, 2.05) is 13.0 Å². The van der Waals surface area contributed by atoms with Gasteiger partial charge < -0.3 is 5.32 Å². The van der Waals surface area contributed by atoms with Gasteiger partial charge in [-0.2, -0.15) is 0 Å². The molecule has 1 heterocycles. The van der Waals surface area contributed by atoms with Crippen LogP contribution in [-0.2, 0) is 6.54 Å². The second-order valence-electron chi connectivity index (χ2n) is 4.91. The first-order valence-electron chi connectivity index (χ1n) is 6.56. The van der Waals surface area contributed by atoms with Gasteiger partial charge in [0.2, 0.25) is 0 Å². The van der Waals surface area contributed by atoms with Gasteiger partial charge in [-0.3, -0.25) is 4.98 Å². The number of aromatic nitrogens is 1. The smallest absolute Gasteiger partial charge is 0.0544 e. The monoisotopic (exact) mass is 252 g/mol. The summed E-state index contributed by atoms with van der Waals surface area (Å²) >= 11 is 6.40. The molecule has 94 valence electrons. The van der Waals surface area contributed by atoms with Crippen LogP contribution in [0.15, 0.2) is 18.2 Å². The van der Waals surface area contributed by atoms with Gasteiger partial charge in [-0.1, -0.05) is 25.3 Å². The molecule has 1 N–H and O–H groups in total. The molecule has 2 unspecified atom stereocenters. The summed E-state index contributed by atoms with van der Waals surface area (Å²) in [6.07, 6.45) is 6.22. The lowest BCUT2D eigenvalue weighted by Gasteiger charge is -2.21. The molecule has 0 aliphatic heterocycles. The molecule has 1 fully saturated rings. The fraction of sp³-hybridized carbons (Fsp3) is 0.643. The number of pyridine rings is 1. The third kappa shape index (κ3) is 3.97. The van der Waals surface area contributed by atoms with Crippen molar-refractivity contribution >= 4 is 11.6 Å². The first-order chi connectivity index (χ1) is 8.25. The number of nitrogens with zero attached hydrogens (tertiary/aromatic N) is 1. The summed E-state index contributed by atoms with van der Waals surface area (Å²) in [4.78, 5) is 4.50. The highest BCUT2D eigenvalue weighted by Gasteiger charge is 2.20. The molecule has 1 aromatic rings. The van der Waals surface area contributed by atoms with Gasteiger partial charge in [-0.05, 0) is 31.9 Å². The molecular formula is C14H21ClN2. The number of nitrogens with one attached hydrogen (secondary N) is 1. The quantitative estimate of drug-likeness (QED) is 0.659. The molecule has 0 bridgehead atoms. The van der Waals surface area contributed by atoms with Crippen molar-refractivity contribution < 1.29 is 0 Å². The van der Waals surface area contributed by atoms with Crippen molar-refractivity contribution in [2.24, 2.45) is 0 Å². The SMILES string of the molecule is Cc1cccc(CNC2CCCCCC2Cl)n1. The molecular weight excluding hydrogens is 232 g/mol. The molecule has 1 aliphatic carbocycles. The standard InChI is InChI=1S/C14H21ClN2/c1-11-6-5-7-12(17-11)10-16-14-9-4-2-3-8-13(14)15/h5-7,13-14,16H,2-4,8-10H2,1H3. The Morgan fingerprint density at radius 3 is 2.94 bits per heavy atom. The van der Waals surface area contributed by atoms with E-state index in [0.29, 0.717) is 6.04 Å². The number of aryl methyl sites for hydroxylation is 1. The molecule has 2 rings (SSSR count). The lowest BCUT2D eigenvalue weighted by molar-refractivity contribution is 0.461. The third-order valence-electron chi connectivity index (χ3n) is 3.42. The van der Waals surface area contributed by atoms with Crippen LogP contribution < -0.4 is 5.32 Å². The van der Waals surface area contributed by atoms with Crippen molar-refractivity contribution in [3.8, 4) is 0 Å². The lowest BCUT2D eigenvalue weighted by atomic mass is 10.1. The van der Waals surface area contributed by atoms with E-state index < -0.39 is 0 Å². The Labute approximate surface area is 109 Å². The summed E-state index contributed by atoms with van der Waals surface area (Å²) in [5, 5.41) is 3.84. The van der Waals surface area contributed by atoms with Crippen LogP contribution >= 0.6 is 11.6 Å². The van der Waals surface area contributed by atoms with Crippen LogP contribution in [0, 0.1) is 6.92 Å². The van der Waals surface area contributed by atoms with Gasteiger partial charge in [0.05, 0.1) is 5.69 Å². The third-order valence-corrected chi connectivity index (χ3v) is 3.95. The highest BCUT2D eigenvalue weighted by Crippen LogP contribution is 2.22. The molecule has 1 saturated carbocycles. The molecule has 17 heavy (non-hydrogen) atoms. The van der Waals surface area contributed by atoms with Crippen LogP contribution in [0.4, 0.5) is 0 Å². The first-order valence-corrected chi connectivity index (χ1v) is 6.99. The number of hydrogen-bond acceptors (Lipinski definition) is 2. The topological polar surface area (TPSA) is 24.9 Å². The normalized spacial score (nSPS) is 25.5. The van der Waals surface area contributed by atoms with E-state index in [2.05, 4.69) is 22.4 Å². The maximum atomic E-state index is 6.40. The Balaban J connectivity index is 1.88. The Morgan fingerprint density at radius 2 is 2.12 bits per heavy atom. The molecule has 3 heteroatoms. The van der Waals surface area contributed by atoms with Crippen LogP contribution in [0.5, 0.6) is 0 Å². The Bertz CT molecular complexity index is 354. The van der Waals surface area contributed by atoms with Gasteiger partial charge in [0.15, 0.2) is 0 Å². The molecule has 0 spiro atoms. The maximum Gasteiger partial charge on any atom is 0.0544 e. The average Bonchev–Trinajstić information content (AvgIpc) is 2.52. The van der Waals surface area contributed by atoms with Gasteiger partial charge in [-0.15, -0.1) is 11.6 Å². The van der Waals surface area contributed by atoms with Gasteiger partial charge >= 0.3 is 0 Å². The first kappa shape index (κ1) is 12.8. The van der Waals surface area contributed by atoms with Crippen molar-refractivity contribution in [3.63, 3.8) is 0 Å². The number of alkyl halides is 1. The highest BCUT2D eigenvalue weighted by atomic mass is 35.5. The molecule has 2 atom stereocenters. The van der Waals surface area contributed by atoms with Crippen LogP contribution in [-0.4, -0.2) is 16.4 Å². The summed E-state index contributed by atoms with van der Waals surface area (Å²) in [5.41, 5.74) is 2.19. The Morgan fingerprint density at radius 1 is 1.29 bits per heavy atom. The lowest BCUT2D eigenvalue weighted by Crippen LogP contribution is -2.36. The van der Waals surface area contributed by atoms with E-state index in [1.165, 1.54) is 25.7 Å². The second kappa shape index (κ2) is 6.36. The van der Waals surface area contributed by atoms with E-state index in [4.69, 9.17) is 11.6 Å². The molecule has 0 saturated heterocycles. The minimum absolute atomic E-state index is 0.280. The van der Waals surface area contributed by atoms with Crippen LogP contribution in [0.3, 0.4) is 0 Å². The molecule has 0 radical (unpaired) electrons. The minimum Gasteiger partial charge on any atom is -0.307 e. The number of halogens is 1. The average molecular weight is 253 g/mol. The zero-order valence-electron chi connectivity index (χ0n) is 10.5. The van der Waals surface area contributed by atoms with Crippen molar-refractivity contribution in [1.82, 2.24) is 10.3 Å². The highest BCUT2D eigenvalue weighted by molar-refractivity contribution is 6.21. The minimum atomic E-state index is 0.280. The second-order valence-corrected chi connectivity index (χ2v) is 5.47. The van der Waals surface area contributed by atoms with Crippen molar-refractivity contribution in [3.05, 3.63) is 29.6 Å². The summed E-state index contributed by atoms with van der Waals surface area (Å²) in [7, 11) is 0. The van der Waals surface area contributed by atoms with E-state index in [0.717, 1.165) is 24.4 Å². The zero-order chi connectivity index (χ0) is 12.1. The molecule has 0 aromatic carbocycles. The summed E-state index contributed by atoms with van der Waals surface area (Å²) in [6, 6.07) is 6.60. The van der Waals surface area contributed by atoms with Crippen LogP contribution in [0.2, 0.25) is 0 Å². The van der Waals surface area contributed by atoms with Gasteiger partial charge in [0.1, 0.15) is 0 Å². The van der Waals surface area contributed by atoms with E-state index in [1.54, 1.807) is 0 Å². The maximum absolute atomic E-state index is 6.40. The van der Waals surface area contributed by atoms with Crippen molar-refractivity contribution in [2.45, 2.75) is 57.0 Å². The fourth-order valence-electron chi connectivity index (χ4n) is 2.43. The molecule has 1 aromatic heterocycles. The summed E-state index contributed by atoms with van der Waals surface area (Å²) < 4.78 is 0. The molecule has 2 nitrogen and oxygen atoms in total. The largest absolute Gasteiger partial charge is 0.307 e. The van der Waals surface area contributed by atoms with E-state index in [-0.39, 0.29) is 5.38 Å². The Hall–Kier alpha value is -0.600. The predicted molar refractivity (Wildman–Crippen MR) is 72.3 cm³/mol. The Kier molecular flexibility index (Phi) is 4.81. The van der Waals surface area contributed by atoms with Crippen LogP contribution in [0.25, 0.3) is 0 Å². The van der Waals surface area contributed by atoms with Crippen LogP contribution in [0.1, 0.15) is 43.5 Å². The van der Waals surface area contributed by atoms with E-state index >= 15 is 0 Å². The fourth-order valence-corrected chi connectivity index (χ4v) is 2.80. The number of hydrogen-bond donors (Lipinski definition) is 1. The molecule has 0 amide bonds. The number of rotatable bonds is 3.